The van der Waals surface area contributed by atoms with Gasteiger partial charge in [-0.05, 0) is 37.6 Å². The Morgan fingerprint density at radius 2 is 1.90 bits per heavy atom. The van der Waals surface area contributed by atoms with E-state index in [9.17, 15) is 9.90 Å². The van der Waals surface area contributed by atoms with E-state index in [1.807, 2.05) is 50.2 Å². The molecular weight excluding hydrogens is 270 g/mol. The van der Waals surface area contributed by atoms with Gasteiger partial charge in [0.2, 0.25) is 0 Å². The number of hydrogen-bond acceptors (Lipinski definition) is 3. The van der Waals surface area contributed by atoms with E-state index in [0.29, 0.717) is 10.9 Å². The van der Waals surface area contributed by atoms with Crippen molar-refractivity contribution in [3.8, 4) is 10.6 Å². The number of hydrogen-bond donors (Lipinski definition) is 1. The summed E-state index contributed by atoms with van der Waals surface area (Å²) >= 11 is 1.63. The third kappa shape index (κ3) is 1.98. The van der Waals surface area contributed by atoms with E-state index in [2.05, 4.69) is 4.98 Å². The molecule has 0 aliphatic rings. The van der Waals surface area contributed by atoms with Crippen molar-refractivity contribution in [2.45, 2.75) is 13.8 Å². The average molecular weight is 283 g/mol. The Morgan fingerprint density at radius 3 is 2.55 bits per heavy atom. The van der Waals surface area contributed by atoms with Gasteiger partial charge in [-0.1, -0.05) is 18.2 Å². The van der Waals surface area contributed by atoms with Gasteiger partial charge in [-0.15, -0.1) is 11.3 Å². The number of para-hydroxylation sites is 1. The molecule has 100 valence electrons. The first kappa shape index (κ1) is 12.8. The molecule has 0 atom stereocenters. The Hall–Kier alpha value is -2.20. The van der Waals surface area contributed by atoms with Crippen molar-refractivity contribution in [3.05, 3.63) is 52.4 Å². The minimum atomic E-state index is -0.907. The molecule has 1 N–H and O–H groups in total. The fourth-order valence-corrected chi connectivity index (χ4v) is 3.30. The van der Waals surface area contributed by atoms with Crippen LogP contribution < -0.4 is 0 Å². The summed E-state index contributed by atoms with van der Waals surface area (Å²) in [7, 11) is 0. The number of aryl methyl sites for hydroxylation is 1. The molecular formula is C16H13NO2S. The molecule has 2 aromatic heterocycles. The lowest BCUT2D eigenvalue weighted by Crippen LogP contribution is -2.04. The summed E-state index contributed by atoms with van der Waals surface area (Å²) in [5, 5.41) is 10.2. The lowest BCUT2D eigenvalue weighted by molar-refractivity contribution is 0.0698. The second-order valence-electron chi connectivity index (χ2n) is 4.69. The number of pyridine rings is 1. The normalized spacial score (nSPS) is 10.9. The number of carboxylic acid groups (broad SMARTS) is 1. The molecule has 3 nitrogen and oxygen atoms in total. The fraction of sp³-hybridized carbons (Fsp3) is 0.125. The second kappa shape index (κ2) is 4.72. The summed E-state index contributed by atoms with van der Waals surface area (Å²) in [5.74, 6) is -0.907. The van der Waals surface area contributed by atoms with Crippen LogP contribution in [0.3, 0.4) is 0 Å². The number of nitrogens with zero attached hydrogens (tertiary/aromatic N) is 1. The summed E-state index contributed by atoms with van der Waals surface area (Å²) in [6.07, 6.45) is 0. The molecule has 0 saturated heterocycles. The molecule has 0 bridgehead atoms. The van der Waals surface area contributed by atoms with Crippen LogP contribution in [0, 0.1) is 13.8 Å². The maximum absolute atomic E-state index is 11.6. The van der Waals surface area contributed by atoms with Crippen molar-refractivity contribution in [1.82, 2.24) is 4.98 Å². The molecule has 4 heteroatoms. The van der Waals surface area contributed by atoms with Crippen molar-refractivity contribution in [2.24, 2.45) is 0 Å². The van der Waals surface area contributed by atoms with E-state index in [1.165, 1.54) is 4.88 Å². The fourth-order valence-electron chi connectivity index (χ4n) is 2.38. The van der Waals surface area contributed by atoms with Crippen molar-refractivity contribution in [2.75, 3.05) is 0 Å². The Balaban J connectivity index is 2.39. The Morgan fingerprint density at radius 1 is 1.15 bits per heavy atom. The van der Waals surface area contributed by atoms with Crippen LogP contribution in [0.5, 0.6) is 0 Å². The van der Waals surface area contributed by atoms with E-state index >= 15 is 0 Å². The van der Waals surface area contributed by atoms with Gasteiger partial charge in [-0.25, -0.2) is 9.78 Å². The predicted molar refractivity (Wildman–Crippen MR) is 81.5 cm³/mol. The molecule has 0 saturated carbocycles. The largest absolute Gasteiger partial charge is 0.478 e. The van der Waals surface area contributed by atoms with Gasteiger partial charge in [-0.3, -0.25) is 0 Å². The molecule has 0 aliphatic heterocycles. The third-order valence-electron chi connectivity index (χ3n) is 3.32. The number of carbonyl (C=O) groups is 1. The average Bonchev–Trinajstić information content (AvgIpc) is 2.84. The van der Waals surface area contributed by atoms with Crippen LogP contribution in [0.2, 0.25) is 0 Å². The van der Waals surface area contributed by atoms with Crippen LogP contribution in [0.4, 0.5) is 0 Å². The van der Waals surface area contributed by atoms with Gasteiger partial charge in [-0.2, -0.15) is 0 Å². The van der Waals surface area contributed by atoms with E-state index in [-0.39, 0.29) is 0 Å². The Kier molecular flexibility index (Phi) is 3.03. The molecule has 0 unspecified atom stereocenters. The number of rotatable bonds is 2. The lowest BCUT2D eigenvalue weighted by Gasteiger charge is -2.10. The number of fused-ring (bicyclic) bond motifs is 1. The monoisotopic (exact) mass is 283 g/mol. The Bertz CT molecular complexity index is 820. The molecule has 3 aromatic rings. The maximum Gasteiger partial charge on any atom is 0.336 e. The van der Waals surface area contributed by atoms with Crippen LogP contribution in [0.1, 0.15) is 20.8 Å². The molecule has 20 heavy (non-hydrogen) atoms. The Labute approximate surface area is 120 Å². The van der Waals surface area contributed by atoms with Gasteiger partial charge in [0.25, 0.3) is 0 Å². The SMILES string of the molecule is Cc1ccc(-c2nc3ccccc3c(C(=O)O)c2C)s1. The smallest absolute Gasteiger partial charge is 0.336 e. The predicted octanol–water partition coefficient (Wildman–Crippen LogP) is 4.28. The van der Waals surface area contributed by atoms with Crippen LogP contribution in [-0.4, -0.2) is 16.1 Å². The zero-order valence-corrected chi connectivity index (χ0v) is 12.0. The number of thiophene rings is 1. The topological polar surface area (TPSA) is 50.2 Å². The summed E-state index contributed by atoms with van der Waals surface area (Å²) in [6.45, 7) is 3.86. The number of carboxylic acids is 1. The molecule has 0 spiro atoms. The van der Waals surface area contributed by atoms with Gasteiger partial charge in [0.1, 0.15) is 0 Å². The van der Waals surface area contributed by atoms with Crippen molar-refractivity contribution >= 4 is 28.2 Å². The highest BCUT2D eigenvalue weighted by molar-refractivity contribution is 7.15. The second-order valence-corrected chi connectivity index (χ2v) is 5.98. The quantitative estimate of drug-likeness (QED) is 0.763. The zero-order valence-electron chi connectivity index (χ0n) is 11.2. The van der Waals surface area contributed by atoms with E-state index < -0.39 is 5.97 Å². The van der Waals surface area contributed by atoms with Gasteiger partial charge in [0.15, 0.2) is 0 Å². The van der Waals surface area contributed by atoms with E-state index in [0.717, 1.165) is 21.7 Å². The molecule has 0 aliphatic carbocycles. The summed E-state index contributed by atoms with van der Waals surface area (Å²) in [5.41, 5.74) is 2.55. The molecule has 3 rings (SSSR count). The van der Waals surface area contributed by atoms with Crippen molar-refractivity contribution in [3.63, 3.8) is 0 Å². The lowest BCUT2D eigenvalue weighted by atomic mass is 10.0. The van der Waals surface area contributed by atoms with Crippen LogP contribution in [0.15, 0.2) is 36.4 Å². The van der Waals surface area contributed by atoms with Gasteiger partial charge >= 0.3 is 5.97 Å². The molecule has 0 radical (unpaired) electrons. The summed E-state index contributed by atoms with van der Waals surface area (Å²) < 4.78 is 0. The van der Waals surface area contributed by atoms with Crippen molar-refractivity contribution in [1.29, 1.82) is 0 Å². The third-order valence-corrected chi connectivity index (χ3v) is 4.33. The van der Waals surface area contributed by atoms with Crippen LogP contribution >= 0.6 is 11.3 Å². The first-order valence-corrected chi connectivity index (χ1v) is 7.09. The molecule has 1 aromatic carbocycles. The van der Waals surface area contributed by atoms with E-state index in [4.69, 9.17) is 0 Å². The molecule has 2 heterocycles. The highest BCUT2D eigenvalue weighted by atomic mass is 32.1. The number of benzene rings is 1. The number of aromatic carboxylic acids is 1. The number of aromatic nitrogens is 1. The molecule has 0 amide bonds. The maximum atomic E-state index is 11.6. The summed E-state index contributed by atoms with van der Waals surface area (Å²) in [4.78, 5) is 18.4. The highest BCUT2D eigenvalue weighted by Crippen LogP contribution is 2.33. The standard InChI is InChI=1S/C16H13NO2S/c1-9-7-8-13(20-9)15-10(2)14(16(18)19)11-5-3-4-6-12(11)17-15/h3-8H,1-2H3,(H,18,19). The molecule has 0 fully saturated rings. The minimum Gasteiger partial charge on any atom is -0.478 e. The summed E-state index contributed by atoms with van der Waals surface area (Å²) in [6, 6.07) is 11.4. The van der Waals surface area contributed by atoms with Crippen LogP contribution in [-0.2, 0) is 0 Å². The van der Waals surface area contributed by atoms with Crippen LogP contribution in [0.25, 0.3) is 21.5 Å². The van der Waals surface area contributed by atoms with Crippen molar-refractivity contribution < 1.29 is 9.90 Å². The van der Waals surface area contributed by atoms with E-state index in [1.54, 1.807) is 11.3 Å². The van der Waals surface area contributed by atoms with Gasteiger partial charge in [0, 0.05) is 10.3 Å². The van der Waals surface area contributed by atoms with Gasteiger partial charge < -0.3 is 5.11 Å². The first-order valence-electron chi connectivity index (χ1n) is 6.27. The first-order chi connectivity index (χ1) is 9.58. The minimum absolute atomic E-state index is 0.344. The van der Waals surface area contributed by atoms with Gasteiger partial charge in [0.05, 0.1) is 21.7 Å². The zero-order chi connectivity index (χ0) is 14.3. The highest BCUT2D eigenvalue weighted by Gasteiger charge is 2.18.